The van der Waals surface area contributed by atoms with Gasteiger partial charge in [0.05, 0.1) is 6.04 Å². The summed E-state index contributed by atoms with van der Waals surface area (Å²) in [5, 5.41) is 0. The second-order valence-electron chi connectivity index (χ2n) is 4.47. The lowest BCUT2D eigenvalue weighted by Gasteiger charge is -2.14. The summed E-state index contributed by atoms with van der Waals surface area (Å²) in [7, 11) is 0. The van der Waals surface area contributed by atoms with Crippen LogP contribution in [0.1, 0.15) is 31.2 Å². The van der Waals surface area contributed by atoms with E-state index in [2.05, 4.69) is 0 Å². The van der Waals surface area contributed by atoms with Gasteiger partial charge < -0.3 is 5.73 Å². The van der Waals surface area contributed by atoms with E-state index >= 15 is 0 Å². The van der Waals surface area contributed by atoms with E-state index in [1.54, 1.807) is 0 Å². The standard InChI is InChI=1S/C14H18NO/c15-13(10-11-6-2-1-3-7-11)14(16)12-8-4-5-9-12/h1-3,6-7,13H,4-5,8-10,15H2/t13-/m0/s1. The topological polar surface area (TPSA) is 43.1 Å². The number of ketones is 1. The molecule has 1 saturated carbocycles. The van der Waals surface area contributed by atoms with Gasteiger partial charge in [0.25, 0.3) is 0 Å². The minimum atomic E-state index is -0.351. The smallest absolute Gasteiger partial charge is 0.156 e. The zero-order valence-electron chi connectivity index (χ0n) is 9.49. The molecule has 1 atom stereocenters. The number of carbonyl (C=O) groups excluding carboxylic acids is 1. The highest BCUT2D eigenvalue weighted by atomic mass is 16.1. The number of carbonyl (C=O) groups is 1. The average Bonchev–Trinajstić information content (AvgIpc) is 2.83. The lowest BCUT2D eigenvalue weighted by molar-refractivity contribution is -0.118. The van der Waals surface area contributed by atoms with Gasteiger partial charge in [-0.15, -0.1) is 0 Å². The molecule has 1 aliphatic rings. The molecular weight excluding hydrogens is 198 g/mol. The third-order valence-electron chi connectivity index (χ3n) is 3.19. The van der Waals surface area contributed by atoms with Crippen molar-refractivity contribution in [3.05, 3.63) is 41.8 Å². The lowest BCUT2D eigenvalue weighted by Crippen LogP contribution is -2.35. The molecule has 0 aromatic heterocycles. The number of Topliss-reactive ketones (excluding diaryl/α,β-unsaturated/α-hetero) is 1. The molecule has 2 rings (SSSR count). The summed E-state index contributed by atoms with van der Waals surface area (Å²) in [5.41, 5.74) is 7.10. The van der Waals surface area contributed by atoms with Crippen molar-refractivity contribution in [1.82, 2.24) is 0 Å². The Bertz CT molecular complexity index is 341. The molecule has 1 aromatic carbocycles. The summed E-state index contributed by atoms with van der Waals surface area (Å²) in [5.74, 6) is 1.24. The normalized spacial score (nSPS) is 18.6. The molecule has 1 aromatic rings. The van der Waals surface area contributed by atoms with Gasteiger partial charge in [-0.2, -0.15) is 0 Å². The quantitative estimate of drug-likeness (QED) is 0.839. The van der Waals surface area contributed by atoms with Gasteiger partial charge in [0.1, 0.15) is 0 Å². The predicted octanol–water partition coefficient (Wildman–Crippen LogP) is 2.27. The van der Waals surface area contributed by atoms with Crippen molar-refractivity contribution >= 4 is 5.78 Å². The predicted molar refractivity (Wildman–Crippen MR) is 64.8 cm³/mol. The maximum Gasteiger partial charge on any atom is 0.156 e. The second-order valence-corrected chi connectivity index (χ2v) is 4.47. The fraction of sp³-hybridized carbons (Fsp3) is 0.429. The number of hydrogen-bond donors (Lipinski definition) is 1. The highest BCUT2D eigenvalue weighted by Crippen LogP contribution is 2.28. The Labute approximate surface area is 96.8 Å². The van der Waals surface area contributed by atoms with E-state index in [1.165, 1.54) is 0 Å². The van der Waals surface area contributed by atoms with Crippen LogP contribution in [0.3, 0.4) is 0 Å². The van der Waals surface area contributed by atoms with Crippen molar-refractivity contribution in [1.29, 1.82) is 0 Å². The molecule has 0 aliphatic heterocycles. The Morgan fingerprint density at radius 1 is 1.19 bits per heavy atom. The highest BCUT2D eigenvalue weighted by molar-refractivity contribution is 5.96. The zero-order chi connectivity index (χ0) is 11.4. The first-order valence-electron chi connectivity index (χ1n) is 5.96. The van der Waals surface area contributed by atoms with Gasteiger partial charge in [0.2, 0.25) is 0 Å². The molecule has 85 valence electrons. The fourth-order valence-electron chi connectivity index (χ4n) is 2.27. The van der Waals surface area contributed by atoms with Crippen molar-refractivity contribution in [2.24, 2.45) is 5.73 Å². The number of hydrogen-bond acceptors (Lipinski definition) is 2. The molecular formula is C14H18NO. The Morgan fingerprint density at radius 2 is 1.81 bits per heavy atom. The Hall–Kier alpha value is -1.15. The van der Waals surface area contributed by atoms with Gasteiger partial charge in [-0.05, 0) is 24.8 Å². The van der Waals surface area contributed by atoms with Crippen molar-refractivity contribution in [2.45, 2.75) is 38.1 Å². The minimum Gasteiger partial charge on any atom is -0.321 e. The maximum absolute atomic E-state index is 12.0. The van der Waals surface area contributed by atoms with E-state index in [1.807, 2.05) is 30.3 Å². The molecule has 0 amide bonds. The van der Waals surface area contributed by atoms with E-state index in [-0.39, 0.29) is 11.8 Å². The van der Waals surface area contributed by atoms with Crippen LogP contribution in [0.15, 0.2) is 30.3 Å². The number of benzene rings is 1. The van der Waals surface area contributed by atoms with Gasteiger partial charge in [-0.3, -0.25) is 4.79 Å². The molecule has 2 nitrogen and oxygen atoms in total. The third kappa shape index (κ3) is 2.70. The third-order valence-corrected chi connectivity index (χ3v) is 3.19. The molecule has 0 saturated heterocycles. The van der Waals surface area contributed by atoms with Gasteiger partial charge in [-0.25, -0.2) is 0 Å². The van der Waals surface area contributed by atoms with Crippen LogP contribution in [-0.2, 0) is 11.2 Å². The minimum absolute atomic E-state index is 0.182. The molecule has 0 unspecified atom stereocenters. The summed E-state index contributed by atoms with van der Waals surface area (Å²) < 4.78 is 0. The van der Waals surface area contributed by atoms with Crippen molar-refractivity contribution in [3.8, 4) is 0 Å². The molecule has 1 fully saturated rings. The van der Waals surface area contributed by atoms with Gasteiger partial charge in [0, 0.05) is 5.92 Å². The molecule has 16 heavy (non-hydrogen) atoms. The first-order valence-corrected chi connectivity index (χ1v) is 5.96. The lowest BCUT2D eigenvalue weighted by atomic mass is 9.93. The molecule has 0 bridgehead atoms. The summed E-state index contributed by atoms with van der Waals surface area (Å²) in [6, 6.07) is 9.63. The number of nitrogens with two attached hydrogens (primary N) is 1. The Morgan fingerprint density at radius 3 is 2.44 bits per heavy atom. The van der Waals surface area contributed by atoms with Crippen LogP contribution < -0.4 is 5.73 Å². The van der Waals surface area contributed by atoms with Crippen LogP contribution in [0.25, 0.3) is 0 Å². The maximum atomic E-state index is 12.0. The number of rotatable bonds is 4. The van der Waals surface area contributed by atoms with Crippen molar-refractivity contribution in [2.75, 3.05) is 0 Å². The van der Waals surface area contributed by atoms with Crippen LogP contribution in [0, 0.1) is 5.92 Å². The highest BCUT2D eigenvalue weighted by Gasteiger charge is 2.27. The molecule has 1 aliphatic carbocycles. The van der Waals surface area contributed by atoms with Gasteiger partial charge in [0.15, 0.2) is 5.78 Å². The monoisotopic (exact) mass is 216 g/mol. The average molecular weight is 216 g/mol. The van der Waals surface area contributed by atoms with Crippen LogP contribution in [-0.4, -0.2) is 11.8 Å². The van der Waals surface area contributed by atoms with E-state index in [0.717, 1.165) is 37.2 Å². The summed E-state index contributed by atoms with van der Waals surface area (Å²) in [6.45, 7) is 0. The SMILES string of the molecule is N[C@@H](Cc1ccccc1)C(=O)[C]1CCCC1. The van der Waals surface area contributed by atoms with Crippen molar-refractivity contribution in [3.63, 3.8) is 0 Å². The second kappa shape index (κ2) is 5.26. The molecule has 1 radical (unpaired) electrons. The van der Waals surface area contributed by atoms with Crippen molar-refractivity contribution < 1.29 is 4.79 Å². The first-order chi connectivity index (χ1) is 7.77. The van der Waals surface area contributed by atoms with E-state index in [4.69, 9.17) is 5.73 Å². The van der Waals surface area contributed by atoms with E-state index < -0.39 is 0 Å². The molecule has 0 spiro atoms. The van der Waals surface area contributed by atoms with Gasteiger partial charge >= 0.3 is 0 Å². The molecule has 2 N–H and O–H groups in total. The van der Waals surface area contributed by atoms with Crippen LogP contribution in [0.5, 0.6) is 0 Å². The van der Waals surface area contributed by atoms with E-state index in [9.17, 15) is 4.79 Å². The largest absolute Gasteiger partial charge is 0.321 e. The summed E-state index contributed by atoms with van der Waals surface area (Å²) in [4.78, 5) is 12.0. The Balaban J connectivity index is 1.92. The zero-order valence-corrected chi connectivity index (χ0v) is 9.49. The molecule has 0 heterocycles. The van der Waals surface area contributed by atoms with Crippen LogP contribution in [0.2, 0.25) is 0 Å². The molecule has 2 heteroatoms. The summed E-state index contributed by atoms with van der Waals surface area (Å²) in [6.07, 6.45) is 4.88. The fourth-order valence-corrected chi connectivity index (χ4v) is 2.27. The Kier molecular flexibility index (Phi) is 3.73. The summed E-state index contributed by atoms with van der Waals surface area (Å²) >= 11 is 0. The van der Waals surface area contributed by atoms with Crippen LogP contribution >= 0.6 is 0 Å². The van der Waals surface area contributed by atoms with Crippen LogP contribution in [0.4, 0.5) is 0 Å². The van der Waals surface area contributed by atoms with Gasteiger partial charge in [-0.1, -0.05) is 43.2 Å². The first kappa shape index (κ1) is 11.3. The van der Waals surface area contributed by atoms with E-state index in [0.29, 0.717) is 6.42 Å².